The van der Waals surface area contributed by atoms with Crippen LogP contribution in [-0.4, -0.2) is 8.97 Å². The fourth-order valence-electron chi connectivity index (χ4n) is 7.64. The van der Waals surface area contributed by atoms with Crippen LogP contribution in [0.5, 0.6) is 0 Å². The predicted octanol–water partition coefficient (Wildman–Crippen LogP) is 11.3. The molecule has 10 rings (SSSR count). The van der Waals surface area contributed by atoms with Crippen LogP contribution in [0.4, 0.5) is 0 Å². The normalized spacial score (nSPS) is 12.1. The topological polar surface area (TPSA) is 9.34 Å². The Bertz CT molecular complexity index is 2710. The molecule has 204 valence electrons. The second-order valence-corrected chi connectivity index (χ2v) is 11.7. The van der Waals surface area contributed by atoms with Crippen molar-refractivity contribution in [2.24, 2.45) is 0 Å². The van der Waals surface area contributed by atoms with Gasteiger partial charge in [-0.3, -0.25) is 0 Å². The van der Waals surface area contributed by atoms with E-state index in [-0.39, 0.29) is 0 Å². The maximum absolute atomic E-state index is 2.47. The smallest absolute Gasteiger partial charge is 0.0626 e. The fourth-order valence-corrected chi connectivity index (χ4v) is 7.64. The molecule has 0 N–H and O–H groups in total. The molecule has 0 unspecified atom stereocenters. The lowest BCUT2D eigenvalue weighted by Crippen LogP contribution is -1.96. The van der Waals surface area contributed by atoms with Crippen LogP contribution in [0.1, 0.15) is 0 Å². The number of benzene rings is 7. The van der Waals surface area contributed by atoms with Gasteiger partial charge < -0.3 is 8.97 Å². The quantitative estimate of drug-likeness (QED) is 0.204. The Labute approximate surface area is 254 Å². The number of para-hydroxylation sites is 4. The number of rotatable bonds is 3. The molecule has 0 spiro atoms. The largest absolute Gasteiger partial charge is 0.309 e. The summed E-state index contributed by atoms with van der Waals surface area (Å²) in [6, 6.07) is 57.6. The second-order valence-electron chi connectivity index (χ2n) is 11.7. The summed E-state index contributed by atoms with van der Waals surface area (Å²) in [7, 11) is 0. The third kappa shape index (κ3) is 3.09. The van der Waals surface area contributed by atoms with Gasteiger partial charge in [-0.2, -0.15) is 0 Å². The minimum Gasteiger partial charge on any atom is -0.309 e. The Morgan fingerprint density at radius 3 is 1.75 bits per heavy atom. The van der Waals surface area contributed by atoms with E-state index < -0.39 is 0 Å². The van der Waals surface area contributed by atoms with E-state index >= 15 is 0 Å². The van der Waals surface area contributed by atoms with Gasteiger partial charge in [0.2, 0.25) is 0 Å². The second kappa shape index (κ2) is 8.82. The van der Waals surface area contributed by atoms with Gasteiger partial charge in [0.05, 0.1) is 27.6 Å². The van der Waals surface area contributed by atoms with Crippen molar-refractivity contribution in [2.45, 2.75) is 0 Å². The maximum atomic E-state index is 2.47. The van der Waals surface area contributed by atoms with Crippen molar-refractivity contribution in [1.29, 1.82) is 0 Å². The first kappa shape index (κ1) is 23.7. The monoisotopic (exact) mass is 558 g/mol. The zero-order valence-corrected chi connectivity index (χ0v) is 23.9. The highest BCUT2D eigenvalue weighted by atomic mass is 15.0. The van der Waals surface area contributed by atoms with E-state index in [9.17, 15) is 0 Å². The van der Waals surface area contributed by atoms with Crippen molar-refractivity contribution in [3.8, 4) is 27.9 Å². The number of hydrogen-bond acceptors (Lipinski definition) is 0. The molecule has 0 bridgehead atoms. The Morgan fingerprint density at radius 2 is 0.932 bits per heavy atom. The third-order valence-corrected chi connectivity index (χ3v) is 9.45. The molecule has 2 heteroatoms. The lowest BCUT2D eigenvalue weighted by atomic mass is 9.95. The van der Waals surface area contributed by atoms with Crippen molar-refractivity contribution in [1.82, 2.24) is 8.97 Å². The number of hydrogen-bond donors (Lipinski definition) is 0. The third-order valence-electron chi connectivity index (χ3n) is 9.45. The van der Waals surface area contributed by atoms with Gasteiger partial charge in [0.1, 0.15) is 0 Å². The zero-order valence-electron chi connectivity index (χ0n) is 23.9. The van der Waals surface area contributed by atoms with Crippen LogP contribution in [0.15, 0.2) is 158 Å². The van der Waals surface area contributed by atoms with Gasteiger partial charge in [0, 0.05) is 43.6 Å². The standard InChI is InChI=1S/C42H26N2/c1-2-12-27(13-3-1)28-14-10-15-29(26-28)43-37-21-7-4-16-30(37)33-19-11-20-34(41(33)43)32-24-25-35-31-17-5-8-22-38(31)44-39-23-9-6-18-36(39)40(32)42(35)44/h1-26H. The van der Waals surface area contributed by atoms with Crippen LogP contribution in [0.3, 0.4) is 0 Å². The van der Waals surface area contributed by atoms with Gasteiger partial charge in [-0.25, -0.2) is 0 Å². The lowest BCUT2D eigenvalue weighted by Gasteiger charge is -2.14. The molecule has 0 aliphatic carbocycles. The Hall–Kier alpha value is -5.86. The predicted molar refractivity (Wildman–Crippen MR) is 186 cm³/mol. The Morgan fingerprint density at radius 1 is 0.341 bits per heavy atom. The molecule has 3 aromatic heterocycles. The molecule has 0 saturated heterocycles. The molecule has 0 fully saturated rings. The summed E-state index contributed by atoms with van der Waals surface area (Å²) >= 11 is 0. The minimum absolute atomic E-state index is 1.16. The summed E-state index contributed by atoms with van der Waals surface area (Å²) < 4.78 is 4.94. The van der Waals surface area contributed by atoms with E-state index in [1.165, 1.54) is 82.2 Å². The van der Waals surface area contributed by atoms with Crippen LogP contribution in [-0.2, 0) is 0 Å². The van der Waals surface area contributed by atoms with Crippen LogP contribution in [0.25, 0.3) is 87.8 Å². The van der Waals surface area contributed by atoms with Gasteiger partial charge in [-0.05, 0) is 47.0 Å². The first-order valence-electron chi connectivity index (χ1n) is 15.2. The highest BCUT2D eigenvalue weighted by Crippen LogP contribution is 2.46. The molecule has 3 heterocycles. The number of nitrogens with zero attached hydrogens (tertiary/aromatic N) is 2. The Kier molecular flexibility index (Phi) is 4.75. The van der Waals surface area contributed by atoms with Gasteiger partial charge in [-0.1, -0.05) is 127 Å². The molecule has 10 aromatic rings. The Balaban J connectivity index is 1.36. The molecule has 0 aliphatic rings. The highest BCUT2D eigenvalue weighted by molar-refractivity contribution is 6.28. The molecule has 0 amide bonds. The minimum atomic E-state index is 1.16. The van der Waals surface area contributed by atoms with E-state index in [0.29, 0.717) is 0 Å². The summed E-state index contributed by atoms with van der Waals surface area (Å²) in [5.74, 6) is 0. The summed E-state index contributed by atoms with van der Waals surface area (Å²) in [5, 5.41) is 7.74. The molecular formula is C42H26N2. The van der Waals surface area contributed by atoms with Crippen molar-refractivity contribution < 1.29 is 0 Å². The molecule has 0 atom stereocenters. The zero-order chi connectivity index (χ0) is 28.8. The summed E-state index contributed by atoms with van der Waals surface area (Å²) in [4.78, 5) is 0. The molecule has 0 radical (unpaired) electrons. The fraction of sp³-hybridized carbons (Fsp3) is 0. The van der Waals surface area contributed by atoms with E-state index in [2.05, 4.69) is 167 Å². The lowest BCUT2D eigenvalue weighted by molar-refractivity contribution is 1.18. The highest BCUT2D eigenvalue weighted by Gasteiger charge is 2.23. The van der Waals surface area contributed by atoms with Gasteiger partial charge in [-0.15, -0.1) is 0 Å². The van der Waals surface area contributed by atoms with Crippen LogP contribution in [0.2, 0.25) is 0 Å². The van der Waals surface area contributed by atoms with Crippen molar-refractivity contribution in [2.75, 3.05) is 0 Å². The van der Waals surface area contributed by atoms with Crippen molar-refractivity contribution >= 4 is 59.9 Å². The first-order chi connectivity index (χ1) is 21.9. The summed E-state index contributed by atoms with van der Waals surface area (Å²) in [5.41, 5.74) is 12.4. The van der Waals surface area contributed by atoms with E-state index in [1.807, 2.05) is 0 Å². The van der Waals surface area contributed by atoms with Crippen LogP contribution >= 0.6 is 0 Å². The van der Waals surface area contributed by atoms with E-state index in [0.717, 1.165) is 5.69 Å². The van der Waals surface area contributed by atoms with Gasteiger partial charge >= 0.3 is 0 Å². The van der Waals surface area contributed by atoms with Crippen molar-refractivity contribution in [3.05, 3.63) is 158 Å². The van der Waals surface area contributed by atoms with Gasteiger partial charge in [0.15, 0.2) is 0 Å². The first-order valence-corrected chi connectivity index (χ1v) is 15.2. The van der Waals surface area contributed by atoms with Crippen LogP contribution < -0.4 is 0 Å². The average Bonchev–Trinajstić information content (AvgIpc) is 3.74. The molecule has 7 aromatic carbocycles. The average molecular weight is 559 g/mol. The number of aromatic nitrogens is 2. The van der Waals surface area contributed by atoms with E-state index in [4.69, 9.17) is 0 Å². The van der Waals surface area contributed by atoms with E-state index in [1.54, 1.807) is 0 Å². The maximum Gasteiger partial charge on any atom is 0.0626 e. The summed E-state index contributed by atoms with van der Waals surface area (Å²) in [6.45, 7) is 0. The van der Waals surface area contributed by atoms with Crippen molar-refractivity contribution in [3.63, 3.8) is 0 Å². The molecule has 44 heavy (non-hydrogen) atoms. The summed E-state index contributed by atoms with van der Waals surface area (Å²) in [6.07, 6.45) is 0. The molecule has 2 nitrogen and oxygen atoms in total. The van der Waals surface area contributed by atoms with Crippen LogP contribution in [0, 0.1) is 0 Å². The van der Waals surface area contributed by atoms with Gasteiger partial charge in [0.25, 0.3) is 0 Å². The molecular weight excluding hydrogens is 532 g/mol. The number of fused-ring (bicyclic) bond motifs is 9. The molecule has 0 aliphatic heterocycles. The SMILES string of the molecule is c1ccc(-c2cccc(-n3c4ccccc4c4cccc(-c5ccc6c7ccccc7n7c8ccccc8c5c67)c43)c2)cc1. The molecule has 0 saturated carbocycles.